The van der Waals surface area contributed by atoms with E-state index in [1.54, 1.807) is 30.6 Å². The van der Waals surface area contributed by atoms with Crippen molar-refractivity contribution in [2.24, 2.45) is 0 Å². The molecule has 0 aliphatic carbocycles. The van der Waals surface area contributed by atoms with Crippen LogP contribution in [-0.4, -0.2) is 16.8 Å². The lowest BCUT2D eigenvalue weighted by molar-refractivity contribution is -0.129. The summed E-state index contributed by atoms with van der Waals surface area (Å²) in [5.41, 5.74) is -0.0882. The van der Waals surface area contributed by atoms with Crippen LogP contribution < -0.4 is 10.5 Å². The number of hydrogen-bond acceptors (Lipinski definition) is 5. The summed E-state index contributed by atoms with van der Waals surface area (Å²) in [6, 6.07) is 6.47. The molecule has 3 rings (SSSR count). The smallest absolute Gasteiger partial charge is 0.360 e. The van der Waals surface area contributed by atoms with Crippen molar-refractivity contribution in [3.63, 3.8) is 0 Å². The summed E-state index contributed by atoms with van der Waals surface area (Å²) in [5, 5.41) is 0. The Morgan fingerprint density at radius 1 is 1.05 bits per heavy atom. The van der Waals surface area contributed by atoms with Gasteiger partial charge in [-0.05, 0) is 30.7 Å². The number of aromatic nitrogens is 1. The van der Waals surface area contributed by atoms with Gasteiger partial charge in [-0.25, -0.2) is 9.69 Å². The molecule has 0 radical (unpaired) electrons. The third-order valence-corrected chi connectivity index (χ3v) is 3.27. The molecule has 0 atom stereocenters. The van der Waals surface area contributed by atoms with Gasteiger partial charge in [0.2, 0.25) is 11.8 Å². The number of anilines is 1. The molecule has 0 saturated carbocycles. The fraction of sp³-hybridized carbons (Fsp3) is 0.200. The van der Waals surface area contributed by atoms with Crippen LogP contribution >= 0.6 is 0 Å². The predicted molar refractivity (Wildman–Crippen MR) is 74.6 cm³/mol. The van der Waals surface area contributed by atoms with E-state index >= 15 is 0 Å². The molecule has 0 aromatic carbocycles. The molecule has 1 aliphatic heterocycles. The second-order valence-electron chi connectivity index (χ2n) is 4.69. The summed E-state index contributed by atoms with van der Waals surface area (Å²) in [4.78, 5) is 40.6. The summed E-state index contributed by atoms with van der Waals surface area (Å²) in [5.74, 6) is -0.394. The molecule has 0 spiro atoms. The maximum absolute atomic E-state index is 12.1. The van der Waals surface area contributed by atoms with Crippen molar-refractivity contribution in [1.29, 1.82) is 0 Å². The Hall–Kier alpha value is -2.76. The molecule has 1 aliphatic rings. The second kappa shape index (κ2) is 5.32. The van der Waals surface area contributed by atoms with Crippen LogP contribution in [0.1, 0.15) is 19.3 Å². The summed E-state index contributed by atoms with van der Waals surface area (Å²) >= 11 is 0. The van der Waals surface area contributed by atoms with Crippen LogP contribution in [-0.2, 0) is 9.59 Å². The molecule has 1 fully saturated rings. The van der Waals surface area contributed by atoms with Crippen molar-refractivity contribution in [3.8, 4) is 11.3 Å². The van der Waals surface area contributed by atoms with Gasteiger partial charge in [0.1, 0.15) is 11.4 Å². The van der Waals surface area contributed by atoms with Gasteiger partial charge < -0.3 is 4.42 Å². The van der Waals surface area contributed by atoms with Gasteiger partial charge in [-0.2, -0.15) is 0 Å². The van der Waals surface area contributed by atoms with Crippen LogP contribution in [0.25, 0.3) is 11.3 Å². The number of rotatable bonds is 2. The van der Waals surface area contributed by atoms with Gasteiger partial charge in [0.15, 0.2) is 0 Å². The molecule has 2 amide bonds. The first-order valence-electron chi connectivity index (χ1n) is 6.57. The highest BCUT2D eigenvalue weighted by Gasteiger charge is 2.29. The molecular formula is C15H12N2O4. The van der Waals surface area contributed by atoms with Gasteiger partial charge in [0.25, 0.3) is 0 Å². The Labute approximate surface area is 120 Å². The lowest BCUT2D eigenvalue weighted by Crippen LogP contribution is -2.42. The molecule has 0 unspecified atom stereocenters. The quantitative estimate of drug-likeness (QED) is 0.785. The zero-order valence-electron chi connectivity index (χ0n) is 11.1. The molecule has 3 heterocycles. The number of imide groups is 1. The van der Waals surface area contributed by atoms with Crippen LogP contribution in [0.15, 0.2) is 45.9 Å². The fourth-order valence-electron chi connectivity index (χ4n) is 2.26. The Morgan fingerprint density at radius 2 is 1.81 bits per heavy atom. The molecule has 0 N–H and O–H groups in total. The number of hydrogen-bond donors (Lipinski definition) is 0. The SMILES string of the molecule is O=C1CCCC(=O)N1c1ccc(-c2cccnc2)oc1=O. The monoisotopic (exact) mass is 284 g/mol. The van der Waals surface area contributed by atoms with Crippen LogP contribution in [0.2, 0.25) is 0 Å². The zero-order chi connectivity index (χ0) is 14.8. The average molecular weight is 284 g/mol. The molecule has 21 heavy (non-hydrogen) atoms. The van der Waals surface area contributed by atoms with E-state index < -0.39 is 5.63 Å². The van der Waals surface area contributed by atoms with Crippen LogP contribution in [0.4, 0.5) is 5.69 Å². The van der Waals surface area contributed by atoms with Gasteiger partial charge in [-0.1, -0.05) is 0 Å². The average Bonchev–Trinajstić information content (AvgIpc) is 2.49. The van der Waals surface area contributed by atoms with E-state index in [1.165, 1.54) is 6.07 Å². The van der Waals surface area contributed by atoms with Crippen molar-refractivity contribution >= 4 is 17.5 Å². The molecule has 0 bridgehead atoms. The van der Waals surface area contributed by atoms with Gasteiger partial charge >= 0.3 is 5.63 Å². The summed E-state index contributed by atoms with van der Waals surface area (Å²) in [7, 11) is 0. The minimum absolute atomic E-state index is 0.0302. The van der Waals surface area contributed by atoms with Gasteiger partial charge in [-0.15, -0.1) is 0 Å². The molecule has 2 aromatic heterocycles. The summed E-state index contributed by atoms with van der Waals surface area (Å²) in [6.45, 7) is 0. The summed E-state index contributed by atoms with van der Waals surface area (Å²) < 4.78 is 5.20. The fourth-order valence-corrected chi connectivity index (χ4v) is 2.26. The van der Waals surface area contributed by atoms with Crippen molar-refractivity contribution < 1.29 is 14.0 Å². The number of carbonyl (C=O) groups excluding carboxylic acids is 2. The normalized spacial score (nSPS) is 15.3. The topological polar surface area (TPSA) is 80.5 Å². The van der Waals surface area contributed by atoms with Gasteiger partial charge in [0, 0.05) is 30.8 Å². The maximum Gasteiger partial charge on any atom is 0.360 e. The number of piperidine rings is 1. The molecule has 6 heteroatoms. The Balaban J connectivity index is 2.01. The second-order valence-corrected chi connectivity index (χ2v) is 4.69. The number of pyridine rings is 1. The van der Waals surface area contributed by atoms with Crippen LogP contribution in [0.3, 0.4) is 0 Å². The largest absolute Gasteiger partial charge is 0.421 e. The van der Waals surface area contributed by atoms with Crippen molar-refractivity contribution in [3.05, 3.63) is 47.1 Å². The zero-order valence-corrected chi connectivity index (χ0v) is 11.1. The molecule has 6 nitrogen and oxygen atoms in total. The first-order valence-corrected chi connectivity index (χ1v) is 6.57. The van der Waals surface area contributed by atoms with Crippen LogP contribution in [0.5, 0.6) is 0 Å². The Morgan fingerprint density at radius 3 is 2.43 bits per heavy atom. The van der Waals surface area contributed by atoms with E-state index in [0.717, 1.165) is 4.90 Å². The van der Waals surface area contributed by atoms with Crippen molar-refractivity contribution in [1.82, 2.24) is 4.98 Å². The highest BCUT2D eigenvalue weighted by Crippen LogP contribution is 2.22. The summed E-state index contributed by atoms with van der Waals surface area (Å²) in [6.07, 6.45) is 4.22. The first kappa shape index (κ1) is 13.2. The minimum Gasteiger partial charge on any atom is -0.421 e. The lowest BCUT2D eigenvalue weighted by atomic mass is 10.1. The minimum atomic E-state index is -0.708. The lowest BCUT2D eigenvalue weighted by Gasteiger charge is -2.23. The highest BCUT2D eigenvalue weighted by atomic mass is 16.4. The predicted octanol–water partition coefficient (Wildman–Crippen LogP) is 1.75. The van der Waals surface area contributed by atoms with Crippen molar-refractivity contribution in [2.75, 3.05) is 4.90 Å². The van der Waals surface area contributed by atoms with Gasteiger partial charge in [0.05, 0.1) is 0 Å². The number of nitrogens with zero attached hydrogens (tertiary/aromatic N) is 2. The third kappa shape index (κ3) is 2.47. The van der Waals surface area contributed by atoms with E-state index in [0.29, 0.717) is 17.7 Å². The number of carbonyl (C=O) groups is 2. The van der Waals surface area contributed by atoms with E-state index in [-0.39, 0.29) is 30.3 Å². The molecule has 1 saturated heterocycles. The third-order valence-electron chi connectivity index (χ3n) is 3.27. The van der Waals surface area contributed by atoms with E-state index in [1.807, 2.05) is 0 Å². The number of amides is 2. The van der Waals surface area contributed by atoms with E-state index in [9.17, 15) is 14.4 Å². The molecule has 106 valence electrons. The van der Waals surface area contributed by atoms with Crippen LogP contribution in [0, 0.1) is 0 Å². The van der Waals surface area contributed by atoms with Gasteiger partial charge in [-0.3, -0.25) is 14.6 Å². The maximum atomic E-state index is 12.1. The Bertz CT molecular complexity index is 736. The highest BCUT2D eigenvalue weighted by molar-refractivity contribution is 6.16. The molecular weight excluding hydrogens is 272 g/mol. The Kier molecular flexibility index (Phi) is 3.35. The molecule has 2 aromatic rings. The van der Waals surface area contributed by atoms with E-state index in [2.05, 4.69) is 4.98 Å². The van der Waals surface area contributed by atoms with Crippen molar-refractivity contribution in [2.45, 2.75) is 19.3 Å². The first-order chi connectivity index (χ1) is 10.2. The standard InChI is InChI=1S/C15H12N2O4/c18-13-4-1-5-14(19)17(13)11-6-7-12(21-15(11)20)10-3-2-8-16-9-10/h2-3,6-9H,1,4-5H2. The van der Waals surface area contributed by atoms with E-state index in [4.69, 9.17) is 4.42 Å².